The number of anilines is 1. The van der Waals surface area contributed by atoms with Gasteiger partial charge in [-0.05, 0) is 24.5 Å². The third-order valence-corrected chi connectivity index (χ3v) is 5.28. The Morgan fingerprint density at radius 3 is 2.70 bits per heavy atom. The Morgan fingerprint density at radius 2 is 2.07 bits per heavy atom. The van der Waals surface area contributed by atoms with Crippen LogP contribution in [-0.4, -0.2) is 39.1 Å². The number of carbonyl (C=O) groups is 2. The van der Waals surface area contributed by atoms with E-state index in [0.717, 1.165) is 12.8 Å². The maximum atomic E-state index is 12.6. The maximum absolute atomic E-state index is 12.6. The van der Waals surface area contributed by atoms with Crippen molar-refractivity contribution in [3.8, 4) is 11.5 Å². The summed E-state index contributed by atoms with van der Waals surface area (Å²) in [6.07, 6.45) is 4.76. The van der Waals surface area contributed by atoms with Crippen molar-refractivity contribution in [2.24, 2.45) is 11.8 Å². The van der Waals surface area contributed by atoms with Gasteiger partial charge in [-0.2, -0.15) is 0 Å². The highest BCUT2D eigenvalue weighted by molar-refractivity contribution is 6.01. The summed E-state index contributed by atoms with van der Waals surface area (Å²) in [6, 6.07) is 5.33. The molecule has 1 aliphatic heterocycles. The topological polar surface area (TPSA) is 67.9 Å². The Hall–Kier alpha value is -2.24. The Labute approximate surface area is 162 Å². The number of nitrogens with zero attached hydrogens (tertiary/aromatic N) is 1. The molecular weight excluding hydrogens is 344 g/mol. The van der Waals surface area contributed by atoms with Crippen molar-refractivity contribution in [1.29, 1.82) is 0 Å². The van der Waals surface area contributed by atoms with Crippen LogP contribution in [0.1, 0.15) is 46.0 Å². The van der Waals surface area contributed by atoms with E-state index in [1.807, 2.05) is 0 Å². The molecule has 0 unspecified atom stereocenters. The van der Waals surface area contributed by atoms with Gasteiger partial charge in [0, 0.05) is 25.6 Å². The van der Waals surface area contributed by atoms with Crippen molar-refractivity contribution < 1.29 is 19.1 Å². The van der Waals surface area contributed by atoms with E-state index >= 15 is 0 Å². The van der Waals surface area contributed by atoms with Crippen LogP contribution in [0.4, 0.5) is 5.69 Å². The Bertz CT molecular complexity index is 647. The largest absolute Gasteiger partial charge is 0.497 e. The van der Waals surface area contributed by atoms with Gasteiger partial charge in [-0.15, -0.1) is 0 Å². The van der Waals surface area contributed by atoms with Crippen molar-refractivity contribution in [3.63, 3.8) is 0 Å². The first-order chi connectivity index (χ1) is 13.0. The van der Waals surface area contributed by atoms with Gasteiger partial charge in [0.25, 0.3) is 0 Å². The van der Waals surface area contributed by atoms with Crippen LogP contribution in [0.15, 0.2) is 18.2 Å². The molecule has 2 amide bonds. The number of benzene rings is 1. The van der Waals surface area contributed by atoms with Crippen LogP contribution in [-0.2, 0) is 9.59 Å². The summed E-state index contributed by atoms with van der Waals surface area (Å²) in [5.74, 6) is 1.31. The molecule has 6 heteroatoms. The summed E-state index contributed by atoms with van der Waals surface area (Å²) in [7, 11) is 3.14. The fourth-order valence-electron chi connectivity index (χ4n) is 3.46. The molecule has 0 bridgehead atoms. The molecule has 0 spiro atoms. The first-order valence-electron chi connectivity index (χ1n) is 9.84. The summed E-state index contributed by atoms with van der Waals surface area (Å²) in [5.41, 5.74) is 0.674. The molecule has 0 aromatic heterocycles. The lowest BCUT2D eigenvalue weighted by molar-refractivity contribution is -0.126. The van der Waals surface area contributed by atoms with Crippen LogP contribution < -0.4 is 19.7 Å². The lowest BCUT2D eigenvalue weighted by atomic mass is 9.99. The van der Waals surface area contributed by atoms with Crippen LogP contribution in [0, 0.1) is 11.8 Å². The van der Waals surface area contributed by atoms with Crippen LogP contribution in [0.25, 0.3) is 0 Å². The highest BCUT2D eigenvalue weighted by atomic mass is 16.5. The van der Waals surface area contributed by atoms with E-state index in [2.05, 4.69) is 19.2 Å². The fourth-order valence-corrected chi connectivity index (χ4v) is 3.46. The van der Waals surface area contributed by atoms with E-state index in [0.29, 0.717) is 36.2 Å². The monoisotopic (exact) mass is 376 g/mol. The zero-order valence-corrected chi connectivity index (χ0v) is 16.9. The lowest BCUT2D eigenvalue weighted by Crippen LogP contribution is -2.35. The zero-order valence-electron chi connectivity index (χ0n) is 16.9. The van der Waals surface area contributed by atoms with E-state index in [9.17, 15) is 9.59 Å². The first-order valence-corrected chi connectivity index (χ1v) is 9.84. The Kier molecular flexibility index (Phi) is 7.95. The number of unbranched alkanes of at least 4 members (excludes halogenated alkanes) is 1. The normalized spacial score (nSPS) is 17.7. The summed E-state index contributed by atoms with van der Waals surface area (Å²) >= 11 is 0. The van der Waals surface area contributed by atoms with Crippen LogP contribution in [0.5, 0.6) is 11.5 Å². The molecule has 27 heavy (non-hydrogen) atoms. The fraction of sp³-hybridized carbons (Fsp3) is 0.619. The van der Waals surface area contributed by atoms with Crippen molar-refractivity contribution in [3.05, 3.63) is 18.2 Å². The molecule has 1 N–H and O–H groups in total. The van der Waals surface area contributed by atoms with E-state index in [-0.39, 0.29) is 24.2 Å². The number of carbonyl (C=O) groups excluding carboxylic acids is 2. The molecule has 1 heterocycles. The van der Waals surface area contributed by atoms with Crippen LogP contribution >= 0.6 is 0 Å². The predicted octanol–water partition coefficient (Wildman–Crippen LogP) is 3.39. The minimum absolute atomic E-state index is 0.0340. The van der Waals surface area contributed by atoms with E-state index in [1.54, 1.807) is 37.3 Å². The molecule has 1 fully saturated rings. The SMILES string of the molecule is CCCC[C@H](CC)CNC(=O)[C@@H]1CC(=O)N(c2ccc(OC)cc2OC)C1. The molecule has 1 aromatic rings. The van der Waals surface area contributed by atoms with Crippen LogP contribution in [0.2, 0.25) is 0 Å². The molecule has 1 aliphatic rings. The van der Waals surface area contributed by atoms with Crippen molar-refractivity contribution in [1.82, 2.24) is 5.32 Å². The summed E-state index contributed by atoms with van der Waals surface area (Å²) in [4.78, 5) is 26.7. The van der Waals surface area contributed by atoms with Gasteiger partial charge in [0.15, 0.2) is 0 Å². The third-order valence-electron chi connectivity index (χ3n) is 5.28. The highest BCUT2D eigenvalue weighted by Gasteiger charge is 2.36. The first kappa shape index (κ1) is 21.1. The molecule has 1 saturated heterocycles. The summed E-state index contributed by atoms with van der Waals surface area (Å²) < 4.78 is 10.6. The zero-order chi connectivity index (χ0) is 19.8. The average molecular weight is 376 g/mol. The van der Waals surface area contributed by atoms with Gasteiger partial charge in [-0.1, -0.05) is 33.1 Å². The van der Waals surface area contributed by atoms with Gasteiger partial charge in [0.2, 0.25) is 11.8 Å². The Balaban J connectivity index is 1.99. The number of ether oxygens (including phenoxy) is 2. The summed E-state index contributed by atoms with van der Waals surface area (Å²) in [6.45, 7) is 5.39. The second-order valence-corrected chi connectivity index (χ2v) is 7.10. The van der Waals surface area contributed by atoms with Gasteiger partial charge in [0.1, 0.15) is 11.5 Å². The second kappa shape index (κ2) is 10.2. The molecule has 1 aromatic carbocycles. The summed E-state index contributed by atoms with van der Waals surface area (Å²) in [5, 5.41) is 3.05. The van der Waals surface area contributed by atoms with Crippen LogP contribution in [0.3, 0.4) is 0 Å². The Morgan fingerprint density at radius 1 is 1.30 bits per heavy atom. The molecule has 2 atom stereocenters. The standard InChI is InChI=1S/C21H32N2O4/c1-5-7-8-15(6-2)13-22-21(25)16-11-20(24)23(14-16)18-10-9-17(26-3)12-19(18)27-4/h9-10,12,15-16H,5-8,11,13-14H2,1-4H3,(H,22,25)/t15-,16+/m0/s1. The quantitative estimate of drug-likeness (QED) is 0.680. The van der Waals surface area contributed by atoms with E-state index < -0.39 is 0 Å². The van der Waals surface area contributed by atoms with Crippen molar-refractivity contribution in [2.75, 3.05) is 32.2 Å². The van der Waals surface area contributed by atoms with E-state index in [1.165, 1.54) is 12.8 Å². The molecule has 6 nitrogen and oxygen atoms in total. The number of amides is 2. The second-order valence-electron chi connectivity index (χ2n) is 7.10. The van der Waals surface area contributed by atoms with Crippen molar-refractivity contribution >= 4 is 17.5 Å². The molecule has 2 rings (SSSR count). The van der Waals surface area contributed by atoms with Gasteiger partial charge < -0.3 is 19.7 Å². The smallest absolute Gasteiger partial charge is 0.227 e. The number of methoxy groups -OCH3 is 2. The van der Waals surface area contributed by atoms with Crippen molar-refractivity contribution in [2.45, 2.75) is 46.0 Å². The van der Waals surface area contributed by atoms with Gasteiger partial charge >= 0.3 is 0 Å². The highest BCUT2D eigenvalue weighted by Crippen LogP contribution is 2.35. The van der Waals surface area contributed by atoms with Gasteiger partial charge in [0.05, 0.1) is 25.8 Å². The molecule has 0 radical (unpaired) electrons. The van der Waals surface area contributed by atoms with E-state index in [4.69, 9.17) is 9.47 Å². The lowest BCUT2D eigenvalue weighted by Gasteiger charge is -2.20. The maximum Gasteiger partial charge on any atom is 0.227 e. The minimum atomic E-state index is -0.326. The molecular formula is C21H32N2O4. The van der Waals surface area contributed by atoms with Gasteiger partial charge in [-0.3, -0.25) is 9.59 Å². The number of rotatable bonds is 10. The predicted molar refractivity (Wildman–Crippen MR) is 106 cm³/mol. The molecule has 150 valence electrons. The average Bonchev–Trinajstić information content (AvgIpc) is 3.08. The number of hydrogen-bond acceptors (Lipinski definition) is 4. The molecule has 0 saturated carbocycles. The number of hydrogen-bond donors (Lipinski definition) is 1. The van der Waals surface area contributed by atoms with Gasteiger partial charge in [-0.25, -0.2) is 0 Å². The minimum Gasteiger partial charge on any atom is -0.497 e. The third kappa shape index (κ3) is 5.37. The molecule has 0 aliphatic carbocycles. The number of nitrogens with one attached hydrogen (secondary N) is 1.